The van der Waals surface area contributed by atoms with Gasteiger partial charge in [-0.2, -0.15) is 0 Å². The van der Waals surface area contributed by atoms with E-state index in [4.69, 9.17) is 10.5 Å². The number of hydrogen-bond acceptors (Lipinski definition) is 3. The van der Waals surface area contributed by atoms with E-state index in [-0.39, 0.29) is 6.04 Å². The lowest BCUT2D eigenvalue weighted by molar-refractivity contribution is -0.0339. The predicted octanol–water partition coefficient (Wildman–Crippen LogP) is 2.78. The zero-order chi connectivity index (χ0) is 13.0. The second kappa shape index (κ2) is 5.72. The van der Waals surface area contributed by atoms with Crippen molar-refractivity contribution in [1.29, 1.82) is 0 Å². The van der Waals surface area contributed by atoms with Gasteiger partial charge in [-0.15, -0.1) is 0 Å². The van der Waals surface area contributed by atoms with Crippen LogP contribution in [0.15, 0.2) is 24.3 Å². The van der Waals surface area contributed by atoms with Crippen LogP contribution in [0.5, 0.6) is 5.75 Å². The summed E-state index contributed by atoms with van der Waals surface area (Å²) in [6.45, 7) is 2.34. The van der Waals surface area contributed by atoms with Crippen LogP contribution in [0, 0.1) is 0 Å². The van der Waals surface area contributed by atoms with Crippen molar-refractivity contribution >= 4 is 0 Å². The molecule has 0 aliphatic heterocycles. The molecule has 0 spiro atoms. The normalized spacial score (nSPS) is 20.4. The van der Waals surface area contributed by atoms with E-state index in [2.05, 4.69) is 0 Å². The SMILES string of the molecule is C[C@H](N)c1cccc(OCC2(O)CCCCC2)c1. The van der Waals surface area contributed by atoms with Crippen molar-refractivity contribution in [2.75, 3.05) is 6.61 Å². The Kier molecular flexibility index (Phi) is 4.25. The van der Waals surface area contributed by atoms with Gasteiger partial charge in [0.2, 0.25) is 0 Å². The molecule has 1 atom stereocenters. The smallest absolute Gasteiger partial charge is 0.119 e. The van der Waals surface area contributed by atoms with Gasteiger partial charge in [0.05, 0.1) is 5.60 Å². The van der Waals surface area contributed by atoms with Gasteiger partial charge in [-0.1, -0.05) is 31.4 Å². The molecule has 3 N–H and O–H groups in total. The molecule has 1 aromatic rings. The first-order valence-electron chi connectivity index (χ1n) is 6.80. The van der Waals surface area contributed by atoms with Crippen molar-refractivity contribution in [1.82, 2.24) is 0 Å². The van der Waals surface area contributed by atoms with E-state index in [0.29, 0.717) is 6.61 Å². The second-order valence-electron chi connectivity index (χ2n) is 5.43. The van der Waals surface area contributed by atoms with Crippen LogP contribution in [0.2, 0.25) is 0 Å². The highest BCUT2D eigenvalue weighted by atomic mass is 16.5. The maximum atomic E-state index is 10.4. The number of benzene rings is 1. The molecule has 1 saturated carbocycles. The van der Waals surface area contributed by atoms with E-state index in [1.807, 2.05) is 31.2 Å². The van der Waals surface area contributed by atoms with Gasteiger partial charge in [0.1, 0.15) is 12.4 Å². The van der Waals surface area contributed by atoms with E-state index in [9.17, 15) is 5.11 Å². The van der Waals surface area contributed by atoms with Crippen molar-refractivity contribution < 1.29 is 9.84 Å². The maximum Gasteiger partial charge on any atom is 0.119 e. The Balaban J connectivity index is 1.95. The molecule has 0 amide bonds. The second-order valence-corrected chi connectivity index (χ2v) is 5.43. The summed E-state index contributed by atoms with van der Waals surface area (Å²) in [6.07, 6.45) is 5.11. The molecule has 0 unspecified atom stereocenters. The minimum Gasteiger partial charge on any atom is -0.491 e. The van der Waals surface area contributed by atoms with Crippen LogP contribution in [0.1, 0.15) is 50.6 Å². The first kappa shape index (κ1) is 13.4. The van der Waals surface area contributed by atoms with Crippen molar-refractivity contribution in [3.63, 3.8) is 0 Å². The van der Waals surface area contributed by atoms with Crippen LogP contribution < -0.4 is 10.5 Å². The lowest BCUT2D eigenvalue weighted by atomic mass is 9.85. The van der Waals surface area contributed by atoms with E-state index >= 15 is 0 Å². The highest BCUT2D eigenvalue weighted by Gasteiger charge is 2.29. The van der Waals surface area contributed by atoms with Crippen molar-refractivity contribution in [2.24, 2.45) is 5.73 Å². The van der Waals surface area contributed by atoms with E-state index < -0.39 is 5.60 Å². The molecule has 3 heteroatoms. The first-order valence-corrected chi connectivity index (χ1v) is 6.80. The van der Waals surface area contributed by atoms with Gasteiger partial charge in [0.15, 0.2) is 0 Å². The summed E-state index contributed by atoms with van der Waals surface area (Å²) in [6, 6.07) is 7.81. The van der Waals surface area contributed by atoms with E-state index in [1.54, 1.807) is 0 Å². The van der Waals surface area contributed by atoms with Crippen LogP contribution in [0.3, 0.4) is 0 Å². The Bertz CT molecular complexity index is 384. The lowest BCUT2D eigenvalue weighted by Crippen LogP contribution is -2.37. The van der Waals surface area contributed by atoms with Crippen LogP contribution in [0.25, 0.3) is 0 Å². The van der Waals surface area contributed by atoms with Gasteiger partial charge in [0, 0.05) is 6.04 Å². The van der Waals surface area contributed by atoms with Crippen LogP contribution in [-0.2, 0) is 0 Å². The first-order chi connectivity index (χ1) is 8.59. The summed E-state index contributed by atoms with van der Waals surface area (Å²) in [4.78, 5) is 0. The lowest BCUT2D eigenvalue weighted by Gasteiger charge is -2.31. The van der Waals surface area contributed by atoms with Crippen LogP contribution in [-0.4, -0.2) is 17.3 Å². The number of aliphatic hydroxyl groups is 1. The molecular weight excluding hydrogens is 226 g/mol. The zero-order valence-electron chi connectivity index (χ0n) is 11.1. The van der Waals surface area contributed by atoms with Gasteiger partial charge >= 0.3 is 0 Å². The predicted molar refractivity (Wildman–Crippen MR) is 72.6 cm³/mol. The third kappa shape index (κ3) is 3.47. The number of rotatable bonds is 4. The molecule has 18 heavy (non-hydrogen) atoms. The fraction of sp³-hybridized carbons (Fsp3) is 0.600. The fourth-order valence-electron chi connectivity index (χ4n) is 2.46. The number of nitrogens with two attached hydrogens (primary N) is 1. The average molecular weight is 249 g/mol. The van der Waals surface area contributed by atoms with Gasteiger partial charge in [-0.3, -0.25) is 0 Å². The summed E-state index contributed by atoms with van der Waals surface area (Å²) >= 11 is 0. The molecule has 1 aliphatic carbocycles. The third-order valence-electron chi connectivity index (χ3n) is 3.68. The Morgan fingerprint density at radius 3 is 2.72 bits per heavy atom. The largest absolute Gasteiger partial charge is 0.491 e. The zero-order valence-corrected chi connectivity index (χ0v) is 11.1. The van der Waals surface area contributed by atoms with Gasteiger partial charge < -0.3 is 15.6 Å². The fourth-order valence-corrected chi connectivity index (χ4v) is 2.46. The Labute approximate surface area is 109 Å². The van der Waals surface area contributed by atoms with Gasteiger partial charge in [-0.05, 0) is 37.5 Å². The summed E-state index contributed by atoms with van der Waals surface area (Å²) in [5, 5.41) is 10.4. The van der Waals surface area contributed by atoms with Crippen LogP contribution in [0.4, 0.5) is 0 Å². The molecule has 0 bridgehead atoms. The molecule has 100 valence electrons. The molecule has 1 fully saturated rings. The standard InChI is InChI=1S/C15H23NO2/c1-12(16)13-6-5-7-14(10-13)18-11-15(17)8-3-2-4-9-15/h5-7,10,12,17H,2-4,8-9,11,16H2,1H3/t12-/m0/s1. The molecule has 0 saturated heterocycles. The summed E-state index contributed by atoms with van der Waals surface area (Å²) in [7, 11) is 0. The Morgan fingerprint density at radius 2 is 2.06 bits per heavy atom. The molecule has 1 aliphatic rings. The Hall–Kier alpha value is -1.06. The van der Waals surface area contributed by atoms with E-state index in [1.165, 1.54) is 6.42 Å². The van der Waals surface area contributed by atoms with Gasteiger partial charge in [0.25, 0.3) is 0 Å². The summed E-state index contributed by atoms with van der Waals surface area (Å²) in [5.74, 6) is 0.795. The average Bonchev–Trinajstić information content (AvgIpc) is 2.38. The quantitative estimate of drug-likeness (QED) is 0.862. The minimum absolute atomic E-state index is 0.00585. The number of hydrogen-bond donors (Lipinski definition) is 2. The summed E-state index contributed by atoms with van der Waals surface area (Å²) in [5.41, 5.74) is 6.26. The highest BCUT2D eigenvalue weighted by Crippen LogP contribution is 2.29. The van der Waals surface area contributed by atoms with Gasteiger partial charge in [-0.25, -0.2) is 0 Å². The molecule has 1 aromatic carbocycles. The maximum absolute atomic E-state index is 10.4. The topological polar surface area (TPSA) is 55.5 Å². The molecular formula is C15H23NO2. The van der Waals surface area contributed by atoms with E-state index in [0.717, 1.165) is 37.0 Å². The molecule has 0 radical (unpaired) electrons. The molecule has 3 nitrogen and oxygen atoms in total. The monoisotopic (exact) mass is 249 g/mol. The van der Waals surface area contributed by atoms with Crippen LogP contribution >= 0.6 is 0 Å². The van der Waals surface area contributed by atoms with Crippen molar-refractivity contribution in [3.8, 4) is 5.75 Å². The third-order valence-corrected chi connectivity index (χ3v) is 3.68. The highest BCUT2D eigenvalue weighted by molar-refractivity contribution is 5.30. The molecule has 0 aromatic heterocycles. The Morgan fingerprint density at radius 1 is 1.33 bits per heavy atom. The number of ether oxygens (including phenoxy) is 1. The van der Waals surface area contributed by atoms with Crippen molar-refractivity contribution in [3.05, 3.63) is 29.8 Å². The molecule has 2 rings (SSSR count). The minimum atomic E-state index is -0.636. The van der Waals surface area contributed by atoms with Crippen molar-refractivity contribution in [2.45, 2.75) is 50.7 Å². The molecule has 0 heterocycles. The summed E-state index contributed by atoms with van der Waals surface area (Å²) < 4.78 is 5.73.